The van der Waals surface area contributed by atoms with Crippen molar-refractivity contribution in [1.82, 2.24) is 4.90 Å². The number of piperidine rings is 1. The number of halogens is 1. The van der Waals surface area contributed by atoms with E-state index in [1.807, 2.05) is 19.1 Å². The summed E-state index contributed by atoms with van der Waals surface area (Å²) < 4.78 is 11.9. The fourth-order valence-electron chi connectivity index (χ4n) is 2.98. The summed E-state index contributed by atoms with van der Waals surface area (Å²) in [6.45, 7) is 5.94. The van der Waals surface area contributed by atoms with E-state index < -0.39 is 5.97 Å². The summed E-state index contributed by atoms with van der Waals surface area (Å²) in [5.41, 5.74) is 1.08. The Hall–Kier alpha value is -1.27. The first-order chi connectivity index (χ1) is 11.0. The van der Waals surface area contributed by atoms with Gasteiger partial charge in [-0.2, -0.15) is 0 Å². The fraction of sp³-hybridized carbons (Fsp3) is 0.588. The second-order valence-electron chi connectivity index (χ2n) is 5.93. The molecule has 0 saturated carbocycles. The zero-order valence-corrected chi connectivity index (χ0v) is 15.4. The average Bonchev–Trinajstić information content (AvgIpc) is 2.51. The molecule has 1 fully saturated rings. The molecule has 23 heavy (non-hydrogen) atoms. The first-order valence-corrected chi connectivity index (χ1v) is 8.71. The van der Waals surface area contributed by atoms with Crippen molar-refractivity contribution in [3.05, 3.63) is 22.2 Å². The van der Waals surface area contributed by atoms with Gasteiger partial charge in [0.25, 0.3) is 0 Å². The maximum Gasteiger partial charge on any atom is 0.307 e. The summed E-state index contributed by atoms with van der Waals surface area (Å²) in [5.74, 6) is 0.413. The van der Waals surface area contributed by atoms with E-state index >= 15 is 0 Å². The van der Waals surface area contributed by atoms with Gasteiger partial charge in [-0.3, -0.25) is 9.69 Å². The van der Waals surface area contributed by atoms with Crippen molar-refractivity contribution in [1.29, 1.82) is 0 Å². The van der Waals surface area contributed by atoms with Gasteiger partial charge in [0.15, 0.2) is 11.5 Å². The first-order valence-electron chi connectivity index (χ1n) is 7.92. The highest BCUT2D eigenvalue weighted by Crippen LogP contribution is 2.37. The minimum atomic E-state index is -0.702. The van der Waals surface area contributed by atoms with E-state index in [0.717, 1.165) is 22.9 Å². The zero-order chi connectivity index (χ0) is 17.0. The van der Waals surface area contributed by atoms with Gasteiger partial charge < -0.3 is 14.6 Å². The summed E-state index contributed by atoms with van der Waals surface area (Å²) in [7, 11) is 1.62. The van der Waals surface area contributed by atoms with Crippen molar-refractivity contribution in [2.75, 3.05) is 20.3 Å². The minimum Gasteiger partial charge on any atom is -0.493 e. The van der Waals surface area contributed by atoms with Crippen LogP contribution in [0.3, 0.4) is 0 Å². The van der Waals surface area contributed by atoms with Crippen LogP contribution >= 0.6 is 15.9 Å². The molecule has 6 heteroatoms. The Bertz CT molecular complexity index is 564. The van der Waals surface area contributed by atoms with Gasteiger partial charge >= 0.3 is 5.97 Å². The molecule has 5 nitrogen and oxygen atoms in total. The molecule has 2 rings (SSSR count). The lowest BCUT2D eigenvalue weighted by Gasteiger charge is -2.36. The molecule has 1 N–H and O–H groups in total. The lowest BCUT2D eigenvalue weighted by molar-refractivity contribution is -0.144. The summed E-state index contributed by atoms with van der Waals surface area (Å²) in [5, 5.41) is 9.26. The van der Waals surface area contributed by atoms with E-state index in [1.165, 1.54) is 0 Å². The van der Waals surface area contributed by atoms with Gasteiger partial charge in [-0.15, -0.1) is 0 Å². The standard InChI is InChI=1S/C17H24BrNO4/c1-4-23-16-14(18)7-12(8-15(16)22-3)9-19-10-13(17(20)21)6-5-11(19)2/h7-8,11,13H,4-6,9-10H2,1-3H3,(H,20,21). The highest BCUT2D eigenvalue weighted by atomic mass is 79.9. The Morgan fingerprint density at radius 1 is 1.43 bits per heavy atom. The topological polar surface area (TPSA) is 59.0 Å². The zero-order valence-electron chi connectivity index (χ0n) is 13.8. The van der Waals surface area contributed by atoms with Crippen LogP contribution in [-0.2, 0) is 11.3 Å². The summed E-state index contributed by atoms with van der Waals surface area (Å²) in [4.78, 5) is 13.5. The van der Waals surface area contributed by atoms with E-state index in [1.54, 1.807) is 7.11 Å². The number of methoxy groups -OCH3 is 1. The van der Waals surface area contributed by atoms with Gasteiger partial charge in [0.1, 0.15) is 0 Å². The van der Waals surface area contributed by atoms with Crippen molar-refractivity contribution < 1.29 is 19.4 Å². The Balaban J connectivity index is 2.18. The lowest BCUT2D eigenvalue weighted by Crippen LogP contribution is -2.43. The molecule has 2 atom stereocenters. The van der Waals surface area contributed by atoms with Crippen LogP contribution in [0, 0.1) is 5.92 Å². The van der Waals surface area contributed by atoms with Crippen LogP contribution in [0.5, 0.6) is 11.5 Å². The number of nitrogens with zero attached hydrogens (tertiary/aromatic N) is 1. The lowest BCUT2D eigenvalue weighted by atomic mass is 9.93. The van der Waals surface area contributed by atoms with Crippen LogP contribution in [0.15, 0.2) is 16.6 Å². The molecule has 0 spiro atoms. The van der Waals surface area contributed by atoms with Crippen molar-refractivity contribution >= 4 is 21.9 Å². The number of rotatable bonds is 6. The highest BCUT2D eigenvalue weighted by molar-refractivity contribution is 9.10. The molecule has 1 aliphatic heterocycles. The number of aliphatic carboxylic acids is 1. The molecule has 0 aliphatic carbocycles. The summed E-state index contributed by atoms with van der Waals surface area (Å²) in [6, 6.07) is 4.36. The molecule has 1 aromatic carbocycles. The number of carboxylic acids is 1. The highest BCUT2D eigenvalue weighted by Gasteiger charge is 2.29. The van der Waals surface area contributed by atoms with Gasteiger partial charge in [0.05, 0.1) is 24.1 Å². The third kappa shape index (κ3) is 4.38. The molecule has 1 aromatic rings. The minimum absolute atomic E-state index is 0.278. The largest absolute Gasteiger partial charge is 0.493 e. The van der Waals surface area contributed by atoms with Crippen LogP contribution in [0.4, 0.5) is 0 Å². The van der Waals surface area contributed by atoms with E-state index in [2.05, 4.69) is 27.8 Å². The van der Waals surface area contributed by atoms with E-state index in [4.69, 9.17) is 9.47 Å². The van der Waals surface area contributed by atoms with E-state index in [-0.39, 0.29) is 5.92 Å². The van der Waals surface area contributed by atoms with E-state index in [9.17, 15) is 9.90 Å². The monoisotopic (exact) mass is 385 g/mol. The van der Waals surface area contributed by atoms with Gasteiger partial charge in [-0.25, -0.2) is 0 Å². The molecule has 1 saturated heterocycles. The Morgan fingerprint density at radius 2 is 2.17 bits per heavy atom. The Morgan fingerprint density at radius 3 is 2.78 bits per heavy atom. The summed E-state index contributed by atoms with van der Waals surface area (Å²) in [6.07, 6.45) is 1.66. The number of ether oxygens (including phenoxy) is 2. The van der Waals surface area contributed by atoms with Gasteiger partial charge in [-0.1, -0.05) is 0 Å². The number of likely N-dealkylation sites (tertiary alicyclic amines) is 1. The third-order valence-electron chi connectivity index (χ3n) is 4.32. The van der Waals surface area contributed by atoms with Gasteiger partial charge in [-0.05, 0) is 60.3 Å². The molecule has 1 aliphatic rings. The van der Waals surface area contributed by atoms with Gasteiger partial charge in [0.2, 0.25) is 0 Å². The van der Waals surface area contributed by atoms with Crippen molar-refractivity contribution in [2.24, 2.45) is 5.92 Å². The van der Waals surface area contributed by atoms with Crippen molar-refractivity contribution in [3.63, 3.8) is 0 Å². The summed E-state index contributed by atoms with van der Waals surface area (Å²) >= 11 is 3.54. The Kier molecular flexibility index (Phi) is 6.30. The normalized spacial score (nSPS) is 21.9. The smallest absolute Gasteiger partial charge is 0.307 e. The predicted octanol–water partition coefficient (Wildman–Crippen LogP) is 3.54. The molecule has 1 heterocycles. The average molecular weight is 386 g/mol. The number of hydrogen-bond acceptors (Lipinski definition) is 4. The molecular formula is C17H24BrNO4. The molecule has 0 aromatic heterocycles. The quantitative estimate of drug-likeness (QED) is 0.811. The second kappa shape index (κ2) is 8.02. The van der Waals surface area contributed by atoms with Crippen LogP contribution in [0.25, 0.3) is 0 Å². The van der Waals surface area contributed by atoms with Crippen LogP contribution in [-0.4, -0.2) is 42.3 Å². The van der Waals surface area contributed by atoms with Crippen LogP contribution in [0.1, 0.15) is 32.3 Å². The van der Waals surface area contributed by atoms with Gasteiger partial charge in [0, 0.05) is 19.1 Å². The second-order valence-corrected chi connectivity index (χ2v) is 6.79. The maximum absolute atomic E-state index is 11.3. The van der Waals surface area contributed by atoms with Crippen molar-refractivity contribution in [3.8, 4) is 11.5 Å². The van der Waals surface area contributed by atoms with Crippen LogP contribution < -0.4 is 9.47 Å². The molecule has 0 bridgehead atoms. The maximum atomic E-state index is 11.3. The van der Waals surface area contributed by atoms with Crippen molar-refractivity contribution in [2.45, 2.75) is 39.3 Å². The SMILES string of the molecule is CCOc1c(Br)cc(CN2CC(C(=O)O)CCC2C)cc1OC. The molecule has 0 amide bonds. The molecule has 2 unspecified atom stereocenters. The number of benzene rings is 1. The first kappa shape index (κ1) is 18.1. The third-order valence-corrected chi connectivity index (χ3v) is 4.91. The predicted molar refractivity (Wildman–Crippen MR) is 92.1 cm³/mol. The Labute approximate surface area is 145 Å². The molecular weight excluding hydrogens is 362 g/mol. The fourth-order valence-corrected chi connectivity index (χ4v) is 3.59. The number of hydrogen-bond donors (Lipinski definition) is 1. The molecule has 128 valence electrons. The van der Waals surface area contributed by atoms with Crippen LogP contribution in [0.2, 0.25) is 0 Å². The number of carbonyl (C=O) groups is 1. The number of carboxylic acid groups (broad SMARTS) is 1. The van der Waals surface area contributed by atoms with E-state index in [0.29, 0.717) is 37.2 Å². The molecule has 0 radical (unpaired) electrons.